The first kappa shape index (κ1) is 9.29. The van der Waals surface area contributed by atoms with Crippen molar-refractivity contribution in [3.05, 3.63) is 16.4 Å². The highest BCUT2D eigenvalue weighted by Gasteiger charge is 2.05. The minimum atomic E-state index is -1.24. The Balaban J connectivity index is 3.25. The average molecular weight is 246 g/mol. The average Bonchev–Trinajstić information content (AvgIpc) is 2.05. The fraction of sp³-hybridized carbons (Fsp3) is 0.167. The van der Waals surface area contributed by atoms with Crippen molar-refractivity contribution < 1.29 is 4.21 Å². The maximum atomic E-state index is 10.9. The second-order valence-corrected chi connectivity index (χ2v) is 4.04. The normalized spacial score (nSPS) is 12.1. The predicted molar refractivity (Wildman–Crippen MR) is 46.8 cm³/mol. The number of rotatable bonds is 1. The summed E-state index contributed by atoms with van der Waals surface area (Å²) in [6, 6.07) is 1.86. The number of halogens is 1. The third-order valence-electron chi connectivity index (χ3n) is 1.09. The van der Waals surface area contributed by atoms with Crippen molar-refractivity contribution in [2.24, 2.45) is 0 Å². The summed E-state index contributed by atoms with van der Waals surface area (Å²) in [7, 11) is -1.24. The van der Waals surface area contributed by atoms with E-state index in [1.165, 1.54) is 12.5 Å². The second kappa shape index (κ2) is 3.74. The van der Waals surface area contributed by atoms with Crippen molar-refractivity contribution in [2.75, 3.05) is 6.26 Å². The summed E-state index contributed by atoms with van der Waals surface area (Å²) in [6.45, 7) is 0. The monoisotopic (exact) mass is 245 g/mol. The zero-order valence-corrected chi connectivity index (χ0v) is 8.52. The van der Waals surface area contributed by atoms with Crippen LogP contribution in [0, 0.1) is 11.3 Å². The van der Waals surface area contributed by atoms with Gasteiger partial charge in [-0.25, -0.2) is 9.97 Å². The highest BCUT2D eigenvalue weighted by atomic mass is 79.9. The molecule has 0 aliphatic rings. The van der Waals surface area contributed by atoms with Crippen LogP contribution >= 0.6 is 15.9 Å². The molecule has 1 unspecified atom stereocenters. The zero-order chi connectivity index (χ0) is 9.14. The van der Waals surface area contributed by atoms with Crippen LogP contribution < -0.4 is 0 Å². The molecule has 1 heterocycles. The van der Waals surface area contributed by atoms with Crippen LogP contribution in [0.15, 0.2) is 15.8 Å². The molecule has 0 aromatic carbocycles. The molecule has 1 aromatic rings. The van der Waals surface area contributed by atoms with Crippen LogP contribution in [-0.4, -0.2) is 20.4 Å². The first-order valence-electron chi connectivity index (χ1n) is 2.91. The fourth-order valence-electron chi connectivity index (χ4n) is 0.568. The molecule has 12 heavy (non-hydrogen) atoms. The Morgan fingerprint density at radius 2 is 2.42 bits per heavy atom. The smallest absolute Gasteiger partial charge is 0.219 e. The van der Waals surface area contributed by atoms with Crippen molar-refractivity contribution in [3.8, 4) is 6.07 Å². The van der Waals surface area contributed by atoms with Crippen LogP contribution in [0.3, 0.4) is 0 Å². The molecule has 0 bridgehead atoms. The van der Waals surface area contributed by atoms with E-state index in [-0.39, 0.29) is 10.9 Å². The summed E-state index contributed by atoms with van der Waals surface area (Å²) in [4.78, 5) is 7.55. The van der Waals surface area contributed by atoms with Gasteiger partial charge in [-0.05, 0) is 15.9 Å². The molecule has 1 rings (SSSR count). The van der Waals surface area contributed by atoms with E-state index in [0.29, 0.717) is 4.47 Å². The first-order valence-corrected chi connectivity index (χ1v) is 5.26. The Kier molecular flexibility index (Phi) is 2.89. The maximum Gasteiger partial charge on any atom is 0.219 e. The highest BCUT2D eigenvalue weighted by Crippen LogP contribution is 2.12. The van der Waals surface area contributed by atoms with Gasteiger partial charge in [0.1, 0.15) is 6.07 Å². The van der Waals surface area contributed by atoms with Gasteiger partial charge < -0.3 is 0 Å². The molecule has 0 saturated heterocycles. The maximum absolute atomic E-state index is 10.9. The summed E-state index contributed by atoms with van der Waals surface area (Å²) >= 11 is 3.09. The van der Waals surface area contributed by atoms with Crippen LogP contribution in [0.2, 0.25) is 0 Å². The van der Waals surface area contributed by atoms with Gasteiger partial charge in [-0.1, -0.05) is 0 Å². The van der Waals surface area contributed by atoms with Gasteiger partial charge in [-0.2, -0.15) is 5.26 Å². The van der Waals surface area contributed by atoms with Crippen LogP contribution in [0.25, 0.3) is 0 Å². The number of nitrogens with zero attached hydrogens (tertiary/aromatic N) is 3. The van der Waals surface area contributed by atoms with Crippen LogP contribution in [-0.2, 0) is 10.8 Å². The van der Waals surface area contributed by atoms with Crippen LogP contribution in [0.1, 0.15) is 5.69 Å². The van der Waals surface area contributed by atoms with Gasteiger partial charge >= 0.3 is 0 Å². The molecule has 0 radical (unpaired) electrons. The van der Waals surface area contributed by atoms with Crippen molar-refractivity contribution in [2.45, 2.75) is 5.16 Å². The van der Waals surface area contributed by atoms with E-state index >= 15 is 0 Å². The molecule has 0 N–H and O–H groups in total. The van der Waals surface area contributed by atoms with Gasteiger partial charge in [0.25, 0.3) is 0 Å². The summed E-state index contributed by atoms with van der Waals surface area (Å²) in [5, 5.41) is 8.73. The number of hydrogen-bond donors (Lipinski definition) is 0. The third-order valence-corrected chi connectivity index (χ3v) is 2.38. The molecule has 1 atom stereocenters. The summed E-state index contributed by atoms with van der Waals surface area (Å²) in [6.07, 6.45) is 2.88. The van der Waals surface area contributed by atoms with E-state index in [9.17, 15) is 4.21 Å². The van der Waals surface area contributed by atoms with Gasteiger partial charge in [-0.3, -0.25) is 4.21 Å². The highest BCUT2D eigenvalue weighted by molar-refractivity contribution is 9.10. The molecule has 0 fully saturated rings. The Hall–Kier alpha value is -0.800. The van der Waals surface area contributed by atoms with E-state index < -0.39 is 10.8 Å². The zero-order valence-electron chi connectivity index (χ0n) is 6.11. The molecular formula is C6H4BrN3OS. The summed E-state index contributed by atoms with van der Waals surface area (Å²) < 4.78 is 11.4. The minimum Gasteiger partial charge on any atom is -0.251 e. The van der Waals surface area contributed by atoms with Gasteiger partial charge in [0, 0.05) is 12.5 Å². The van der Waals surface area contributed by atoms with Crippen LogP contribution in [0.4, 0.5) is 0 Å². The Labute approximate surface area is 80.2 Å². The van der Waals surface area contributed by atoms with Crippen molar-refractivity contribution in [1.82, 2.24) is 9.97 Å². The lowest BCUT2D eigenvalue weighted by Crippen LogP contribution is -1.98. The molecule has 0 aliphatic heterocycles. The first-order chi connectivity index (χ1) is 5.65. The SMILES string of the molecule is CS(=O)c1ncc(Br)c(C#N)n1. The molecule has 0 amide bonds. The molecular weight excluding hydrogens is 242 g/mol. The molecule has 0 aliphatic carbocycles. The van der Waals surface area contributed by atoms with Gasteiger partial charge in [0.2, 0.25) is 5.16 Å². The second-order valence-electron chi connectivity index (χ2n) is 1.92. The lowest BCUT2D eigenvalue weighted by Gasteiger charge is -1.95. The van der Waals surface area contributed by atoms with Crippen molar-refractivity contribution in [3.63, 3.8) is 0 Å². The number of nitriles is 1. The summed E-state index contributed by atoms with van der Waals surface area (Å²) in [5.74, 6) is 0. The van der Waals surface area contributed by atoms with E-state index in [1.54, 1.807) is 0 Å². The van der Waals surface area contributed by atoms with E-state index in [0.717, 1.165) is 0 Å². The Bertz CT molecular complexity index is 374. The van der Waals surface area contributed by atoms with Crippen LogP contribution in [0.5, 0.6) is 0 Å². The standard InChI is InChI=1S/C6H4BrN3OS/c1-12(11)6-9-3-4(7)5(2-8)10-6/h3H,1H3. The molecule has 0 saturated carbocycles. The number of hydrogen-bond acceptors (Lipinski definition) is 4. The lowest BCUT2D eigenvalue weighted by atomic mass is 10.4. The van der Waals surface area contributed by atoms with E-state index in [4.69, 9.17) is 5.26 Å². The largest absolute Gasteiger partial charge is 0.251 e. The molecule has 1 aromatic heterocycles. The van der Waals surface area contributed by atoms with Gasteiger partial charge in [0.15, 0.2) is 5.69 Å². The van der Waals surface area contributed by atoms with Gasteiger partial charge in [-0.15, -0.1) is 0 Å². The topological polar surface area (TPSA) is 66.6 Å². The Morgan fingerprint density at radius 3 is 2.92 bits per heavy atom. The molecule has 4 nitrogen and oxygen atoms in total. The molecule has 0 spiro atoms. The van der Waals surface area contributed by atoms with Crippen molar-refractivity contribution >= 4 is 26.7 Å². The Morgan fingerprint density at radius 1 is 1.75 bits per heavy atom. The van der Waals surface area contributed by atoms with Gasteiger partial charge in [0.05, 0.1) is 15.3 Å². The fourth-order valence-corrected chi connectivity index (χ4v) is 1.27. The summed E-state index contributed by atoms with van der Waals surface area (Å²) in [5.41, 5.74) is 0.204. The molecule has 62 valence electrons. The molecule has 6 heteroatoms. The lowest BCUT2D eigenvalue weighted by molar-refractivity contribution is 0.679. The third kappa shape index (κ3) is 1.87. The van der Waals surface area contributed by atoms with Crippen molar-refractivity contribution in [1.29, 1.82) is 5.26 Å². The van der Waals surface area contributed by atoms with E-state index in [1.807, 2.05) is 6.07 Å². The minimum absolute atomic E-state index is 0.176. The van der Waals surface area contributed by atoms with E-state index in [2.05, 4.69) is 25.9 Å². The predicted octanol–water partition coefficient (Wildman–Crippen LogP) is 0.848. The number of aromatic nitrogens is 2. The quantitative estimate of drug-likeness (QED) is 0.689.